The van der Waals surface area contributed by atoms with Gasteiger partial charge in [0.15, 0.2) is 0 Å². The molecule has 2 aromatic rings. The summed E-state index contributed by atoms with van der Waals surface area (Å²) in [5.74, 6) is -0.103. The second-order valence-electron chi connectivity index (χ2n) is 5.94. The van der Waals surface area contributed by atoms with Crippen LogP contribution in [0.25, 0.3) is 10.1 Å². The molecule has 1 aliphatic rings. The van der Waals surface area contributed by atoms with Gasteiger partial charge in [-0.15, -0.1) is 11.3 Å². The largest absolute Gasteiger partial charge is 0.381 e. The van der Waals surface area contributed by atoms with Crippen LogP contribution in [0.1, 0.15) is 18.4 Å². The molecule has 1 amide bonds. The third-order valence-electron chi connectivity index (χ3n) is 4.47. The molecule has 0 N–H and O–H groups in total. The molecular weight excluding hydrogens is 301 g/mol. The summed E-state index contributed by atoms with van der Waals surface area (Å²) < 4.78 is 20.1. The molecule has 1 saturated heterocycles. The molecule has 0 atom stereocenters. The van der Waals surface area contributed by atoms with E-state index in [9.17, 15) is 9.18 Å². The number of fused-ring (bicyclic) bond motifs is 1. The fraction of sp³-hybridized carbons (Fsp3) is 0.471. The molecule has 1 aliphatic heterocycles. The first-order valence-corrected chi connectivity index (χ1v) is 8.39. The quantitative estimate of drug-likeness (QED) is 0.861. The number of thiophene rings is 1. The Kier molecular flexibility index (Phi) is 4.45. The van der Waals surface area contributed by atoms with Crippen LogP contribution >= 0.6 is 11.3 Å². The zero-order valence-corrected chi connectivity index (χ0v) is 13.5. The molecule has 3 rings (SSSR count). The van der Waals surface area contributed by atoms with E-state index in [0.29, 0.717) is 32.6 Å². The van der Waals surface area contributed by atoms with Crippen LogP contribution in [0.15, 0.2) is 29.6 Å². The summed E-state index contributed by atoms with van der Waals surface area (Å²) in [7, 11) is 1.77. The van der Waals surface area contributed by atoms with E-state index in [0.717, 1.165) is 5.56 Å². The normalized spacial score (nSPS) is 17.5. The number of carbonyl (C=O) groups excluding carboxylic acids is 1. The molecule has 0 aliphatic carbocycles. The lowest BCUT2D eigenvalue weighted by Gasteiger charge is -2.36. The Morgan fingerprint density at radius 1 is 1.36 bits per heavy atom. The van der Waals surface area contributed by atoms with E-state index in [-0.39, 0.29) is 5.91 Å². The number of hydrogen-bond acceptors (Lipinski definition) is 3. The van der Waals surface area contributed by atoms with Crippen molar-refractivity contribution in [3.05, 3.63) is 35.2 Å². The third kappa shape index (κ3) is 2.75. The van der Waals surface area contributed by atoms with E-state index < -0.39 is 12.1 Å². The summed E-state index contributed by atoms with van der Waals surface area (Å²) in [4.78, 5) is 14.4. The van der Waals surface area contributed by atoms with Crippen LogP contribution in [-0.2, 0) is 16.1 Å². The van der Waals surface area contributed by atoms with Crippen molar-refractivity contribution in [2.24, 2.45) is 5.41 Å². The van der Waals surface area contributed by atoms with Gasteiger partial charge in [-0.2, -0.15) is 0 Å². The van der Waals surface area contributed by atoms with Crippen molar-refractivity contribution in [3.8, 4) is 0 Å². The predicted octanol–water partition coefficient (Wildman–Crippen LogP) is 3.63. The van der Waals surface area contributed by atoms with Crippen molar-refractivity contribution >= 4 is 27.3 Å². The molecule has 22 heavy (non-hydrogen) atoms. The van der Waals surface area contributed by atoms with Crippen molar-refractivity contribution in [1.29, 1.82) is 0 Å². The monoisotopic (exact) mass is 321 g/mol. The van der Waals surface area contributed by atoms with Crippen LogP contribution in [0.4, 0.5) is 4.39 Å². The van der Waals surface area contributed by atoms with Crippen molar-refractivity contribution in [3.63, 3.8) is 0 Å². The van der Waals surface area contributed by atoms with Gasteiger partial charge in [-0.05, 0) is 35.2 Å². The second kappa shape index (κ2) is 6.34. The van der Waals surface area contributed by atoms with Gasteiger partial charge < -0.3 is 9.64 Å². The van der Waals surface area contributed by atoms with E-state index in [1.807, 2.05) is 12.1 Å². The molecular formula is C17H20FNO2S. The molecule has 0 saturated carbocycles. The van der Waals surface area contributed by atoms with Gasteiger partial charge in [0.25, 0.3) is 0 Å². The molecule has 0 spiro atoms. The zero-order valence-electron chi connectivity index (χ0n) is 12.7. The van der Waals surface area contributed by atoms with Gasteiger partial charge in [-0.1, -0.05) is 18.2 Å². The first-order valence-electron chi connectivity index (χ1n) is 7.51. The van der Waals surface area contributed by atoms with Crippen molar-refractivity contribution in [2.45, 2.75) is 19.4 Å². The van der Waals surface area contributed by atoms with Crippen molar-refractivity contribution < 1.29 is 13.9 Å². The SMILES string of the molecule is CN(Cc1csc2ccccc12)C(=O)C1(CF)CCOCC1. The Bertz CT molecular complexity index is 663. The molecule has 3 nitrogen and oxygen atoms in total. The maximum absolute atomic E-state index is 13.6. The fourth-order valence-electron chi connectivity index (χ4n) is 3.05. The highest BCUT2D eigenvalue weighted by atomic mass is 32.1. The fourth-order valence-corrected chi connectivity index (χ4v) is 4.01. The molecule has 118 valence electrons. The number of benzene rings is 1. The highest BCUT2D eigenvalue weighted by Crippen LogP contribution is 2.34. The van der Waals surface area contributed by atoms with Gasteiger partial charge in [0.1, 0.15) is 6.67 Å². The minimum absolute atomic E-state index is 0.103. The first kappa shape index (κ1) is 15.4. The van der Waals surface area contributed by atoms with Crippen LogP contribution in [0, 0.1) is 5.41 Å². The molecule has 2 heterocycles. The third-order valence-corrected chi connectivity index (χ3v) is 5.49. The van der Waals surface area contributed by atoms with E-state index in [4.69, 9.17) is 4.74 Å². The number of carbonyl (C=O) groups is 1. The van der Waals surface area contributed by atoms with Crippen LogP contribution in [0.3, 0.4) is 0 Å². The first-order chi connectivity index (χ1) is 10.7. The summed E-state index contributed by atoms with van der Waals surface area (Å²) in [6.07, 6.45) is 0.939. The molecule has 5 heteroatoms. The van der Waals surface area contributed by atoms with E-state index >= 15 is 0 Å². The molecule has 0 unspecified atom stereocenters. The van der Waals surface area contributed by atoms with Crippen LogP contribution in [-0.4, -0.2) is 37.7 Å². The number of hydrogen-bond donors (Lipinski definition) is 0. The number of ether oxygens (including phenoxy) is 1. The highest BCUT2D eigenvalue weighted by molar-refractivity contribution is 7.17. The number of nitrogens with zero attached hydrogens (tertiary/aromatic N) is 1. The lowest BCUT2D eigenvalue weighted by molar-refractivity contribution is -0.148. The van der Waals surface area contributed by atoms with Crippen molar-refractivity contribution in [1.82, 2.24) is 4.90 Å². The Labute approximate surface area is 133 Å². The van der Waals surface area contributed by atoms with Gasteiger partial charge in [-0.25, -0.2) is 4.39 Å². The average Bonchev–Trinajstić information content (AvgIpc) is 2.98. The molecule has 0 bridgehead atoms. The van der Waals surface area contributed by atoms with Gasteiger partial charge in [0.05, 0.1) is 5.41 Å². The number of alkyl halides is 1. The number of halogens is 1. The highest BCUT2D eigenvalue weighted by Gasteiger charge is 2.42. The molecule has 0 radical (unpaired) electrons. The molecule has 1 fully saturated rings. The smallest absolute Gasteiger partial charge is 0.231 e. The Balaban J connectivity index is 1.78. The van der Waals surface area contributed by atoms with E-state index in [1.54, 1.807) is 23.3 Å². The van der Waals surface area contributed by atoms with Gasteiger partial charge >= 0.3 is 0 Å². The summed E-state index contributed by atoms with van der Waals surface area (Å²) in [6.45, 7) is 0.838. The summed E-state index contributed by atoms with van der Waals surface area (Å²) in [5, 5.41) is 3.26. The van der Waals surface area contributed by atoms with Gasteiger partial charge in [0.2, 0.25) is 5.91 Å². The minimum atomic E-state index is -0.890. The Hall–Kier alpha value is -1.46. The van der Waals surface area contributed by atoms with E-state index in [2.05, 4.69) is 17.5 Å². The van der Waals surface area contributed by atoms with E-state index in [1.165, 1.54) is 10.1 Å². The standard InChI is InChI=1S/C17H20FNO2S/c1-19(16(20)17(12-18)6-8-21-9-7-17)10-13-11-22-15-5-3-2-4-14(13)15/h2-5,11H,6-10,12H2,1H3. The number of rotatable bonds is 4. The van der Waals surface area contributed by atoms with Crippen LogP contribution in [0.2, 0.25) is 0 Å². The topological polar surface area (TPSA) is 29.5 Å². The molecule has 1 aromatic heterocycles. The molecule has 1 aromatic carbocycles. The zero-order chi connectivity index (χ0) is 15.6. The predicted molar refractivity (Wildman–Crippen MR) is 86.8 cm³/mol. The summed E-state index contributed by atoms with van der Waals surface area (Å²) in [6, 6.07) is 8.16. The average molecular weight is 321 g/mol. The lowest BCUT2D eigenvalue weighted by Crippen LogP contribution is -2.46. The number of amides is 1. The van der Waals surface area contributed by atoms with Crippen LogP contribution in [0.5, 0.6) is 0 Å². The lowest BCUT2D eigenvalue weighted by atomic mass is 9.80. The Morgan fingerprint density at radius 2 is 2.09 bits per heavy atom. The second-order valence-corrected chi connectivity index (χ2v) is 6.86. The maximum Gasteiger partial charge on any atom is 0.231 e. The minimum Gasteiger partial charge on any atom is -0.381 e. The van der Waals surface area contributed by atoms with Gasteiger partial charge in [0, 0.05) is 31.5 Å². The maximum atomic E-state index is 13.6. The Morgan fingerprint density at radius 3 is 2.82 bits per heavy atom. The van der Waals surface area contributed by atoms with Crippen molar-refractivity contribution in [2.75, 3.05) is 26.9 Å². The summed E-state index contributed by atoms with van der Waals surface area (Å²) in [5.41, 5.74) is 0.233. The van der Waals surface area contributed by atoms with Crippen LogP contribution < -0.4 is 0 Å². The summed E-state index contributed by atoms with van der Waals surface area (Å²) >= 11 is 1.68. The van der Waals surface area contributed by atoms with Gasteiger partial charge in [-0.3, -0.25) is 4.79 Å².